The molecule has 4 rings (SSSR count). The molecule has 0 bridgehead atoms. The Balaban J connectivity index is 1.40. The van der Waals surface area contributed by atoms with Gasteiger partial charge in [-0.15, -0.1) is 11.3 Å². The molecule has 1 aromatic carbocycles. The van der Waals surface area contributed by atoms with Crippen molar-refractivity contribution in [2.45, 2.75) is 19.3 Å². The maximum Gasteiger partial charge on any atom is 0.374 e. The van der Waals surface area contributed by atoms with E-state index in [2.05, 4.69) is 11.4 Å². The highest BCUT2D eigenvalue weighted by Crippen LogP contribution is 2.38. The molecule has 0 atom stereocenters. The SMILES string of the molecule is N#Cc1c(NC(=O)COC(=O)c2cc3ccccc3o2)sc2c1CCC2. The number of furan rings is 1. The van der Waals surface area contributed by atoms with Gasteiger partial charge in [-0.2, -0.15) is 5.26 Å². The van der Waals surface area contributed by atoms with Crippen molar-refractivity contribution in [2.24, 2.45) is 0 Å². The third kappa shape index (κ3) is 2.95. The first-order chi connectivity index (χ1) is 12.7. The van der Waals surface area contributed by atoms with Crippen LogP contribution in [0.4, 0.5) is 5.00 Å². The van der Waals surface area contributed by atoms with Crippen molar-refractivity contribution in [1.82, 2.24) is 0 Å². The van der Waals surface area contributed by atoms with E-state index in [4.69, 9.17) is 9.15 Å². The second kappa shape index (κ2) is 6.65. The average Bonchev–Trinajstić information content (AvgIpc) is 3.33. The topological polar surface area (TPSA) is 92.3 Å². The summed E-state index contributed by atoms with van der Waals surface area (Å²) in [7, 11) is 0. The van der Waals surface area contributed by atoms with Gasteiger partial charge in [-0.1, -0.05) is 18.2 Å². The first-order valence-corrected chi connectivity index (χ1v) is 8.97. The van der Waals surface area contributed by atoms with Gasteiger partial charge in [0.2, 0.25) is 5.76 Å². The number of esters is 1. The monoisotopic (exact) mass is 366 g/mol. The lowest BCUT2D eigenvalue weighted by atomic mass is 10.1. The van der Waals surface area contributed by atoms with Gasteiger partial charge in [-0.3, -0.25) is 4.79 Å². The van der Waals surface area contributed by atoms with Crippen molar-refractivity contribution in [3.05, 3.63) is 52.1 Å². The van der Waals surface area contributed by atoms with E-state index < -0.39 is 18.5 Å². The van der Waals surface area contributed by atoms with Crippen molar-refractivity contribution in [3.63, 3.8) is 0 Å². The first-order valence-electron chi connectivity index (χ1n) is 8.16. The number of hydrogen-bond acceptors (Lipinski definition) is 6. The third-order valence-electron chi connectivity index (χ3n) is 4.25. The number of amides is 1. The molecule has 2 aromatic heterocycles. The second-order valence-electron chi connectivity index (χ2n) is 5.95. The minimum absolute atomic E-state index is 0.0480. The Morgan fingerprint density at radius 2 is 2.15 bits per heavy atom. The van der Waals surface area contributed by atoms with Crippen LogP contribution in [0.2, 0.25) is 0 Å². The molecule has 0 unspecified atom stereocenters. The number of benzene rings is 1. The maximum absolute atomic E-state index is 12.1. The van der Waals surface area contributed by atoms with E-state index in [0.29, 0.717) is 16.1 Å². The van der Waals surface area contributed by atoms with Crippen LogP contribution < -0.4 is 5.32 Å². The second-order valence-corrected chi connectivity index (χ2v) is 7.05. The van der Waals surface area contributed by atoms with Crippen LogP contribution >= 0.6 is 11.3 Å². The number of nitrogens with one attached hydrogen (secondary N) is 1. The zero-order valence-corrected chi connectivity index (χ0v) is 14.5. The highest BCUT2D eigenvalue weighted by molar-refractivity contribution is 7.16. The van der Waals surface area contributed by atoms with Crippen molar-refractivity contribution < 1.29 is 18.7 Å². The molecule has 7 heteroatoms. The molecule has 0 radical (unpaired) electrons. The Labute approximate surface area is 153 Å². The van der Waals surface area contributed by atoms with Crippen LogP contribution in [0.3, 0.4) is 0 Å². The van der Waals surface area contributed by atoms with Crippen LogP contribution in [-0.4, -0.2) is 18.5 Å². The molecular formula is C19H14N2O4S. The summed E-state index contributed by atoms with van der Waals surface area (Å²) in [5.74, 6) is -1.14. The van der Waals surface area contributed by atoms with E-state index in [-0.39, 0.29) is 5.76 Å². The van der Waals surface area contributed by atoms with Crippen molar-refractivity contribution >= 4 is 39.2 Å². The molecule has 1 amide bonds. The van der Waals surface area contributed by atoms with E-state index in [9.17, 15) is 14.9 Å². The summed E-state index contributed by atoms with van der Waals surface area (Å²) in [5, 5.41) is 13.3. The Kier molecular flexibility index (Phi) is 4.19. The van der Waals surface area contributed by atoms with Gasteiger partial charge < -0.3 is 14.5 Å². The fourth-order valence-corrected chi connectivity index (χ4v) is 4.31. The van der Waals surface area contributed by atoms with E-state index in [1.54, 1.807) is 18.2 Å². The van der Waals surface area contributed by atoms with Gasteiger partial charge in [-0.25, -0.2) is 4.79 Å². The Bertz CT molecular complexity index is 1020. The quantitative estimate of drug-likeness (QED) is 0.712. The largest absolute Gasteiger partial charge is 0.450 e. The van der Waals surface area contributed by atoms with Gasteiger partial charge in [0, 0.05) is 10.3 Å². The molecule has 1 aliphatic carbocycles. The van der Waals surface area contributed by atoms with Crippen LogP contribution in [0.1, 0.15) is 33.0 Å². The number of para-hydroxylation sites is 1. The molecule has 0 aliphatic heterocycles. The van der Waals surface area contributed by atoms with Gasteiger partial charge in [0.1, 0.15) is 16.7 Å². The summed E-state index contributed by atoms with van der Waals surface area (Å²) in [6.07, 6.45) is 2.84. The minimum Gasteiger partial charge on any atom is -0.450 e. The standard InChI is InChI=1S/C19H14N2O4S/c20-9-13-12-5-3-7-16(12)26-18(13)21-17(22)10-24-19(23)15-8-11-4-1-2-6-14(11)25-15/h1-2,4,6,8H,3,5,7,10H2,(H,21,22). The average molecular weight is 366 g/mol. The fraction of sp³-hybridized carbons (Fsp3) is 0.211. The Hall–Kier alpha value is -3.11. The Morgan fingerprint density at radius 1 is 1.31 bits per heavy atom. The number of carbonyl (C=O) groups is 2. The van der Waals surface area contributed by atoms with E-state index >= 15 is 0 Å². The smallest absolute Gasteiger partial charge is 0.374 e. The Morgan fingerprint density at radius 3 is 2.96 bits per heavy atom. The van der Waals surface area contributed by atoms with Crippen LogP contribution in [0.5, 0.6) is 0 Å². The number of rotatable bonds is 4. The number of anilines is 1. The summed E-state index contributed by atoms with van der Waals surface area (Å²) < 4.78 is 10.4. The van der Waals surface area contributed by atoms with E-state index in [1.807, 2.05) is 12.1 Å². The van der Waals surface area contributed by atoms with E-state index in [1.165, 1.54) is 11.3 Å². The highest BCUT2D eigenvalue weighted by Gasteiger charge is 2.23. The van der Waals surface area contributed by atoms with Crippen LogP contribution in [0.25, 0.3) is 11.0 Å². The molecule has 1 N–H and O–H groups in total. The number of fused-ring (bicyclic) bond motifs is 2. The molecule has 2 heterocycles. The summed E-state index contributed by atoms with van der Waals surface area (Å²) in [4.78, 5) is 25.3. The molecule has 0 fully saturated rings. The molecular weight excluding hydrogens is 352 g/mol. The third-order valence-corrected chi connectivity index (χ3v) is 5.45. The van der Waals surface area contributed by atoms with Gasteiger partial charge in [0.25, 0.3) is 5.91 Å². The van der Waals surface area contributed by atoms with Crippen LogP contribution in [0, 0.1) is 11.3 Å². The zero-order valence-electron chi connectivity index (χ0n) is 13.7. The number of hydrogen-bond donors (Lipinski definition) is 1. The normalized spacial score (nSPS) is 12.6. The fourth-order valence-electron chi connectivity index (χ4n) is 3.06. The zero-order chi connectivity index (χ0) is 18.1. The maximum atomic E-state index is 12.1. The predicted molar refractivity (Wildman–Crippen MR) is 96.2 cm³/mol. The molecule has 26 heavy (non-hydrogen) atoms. The number of thiophene rings is 1. The lowest BCUT2D eigenvalue weighted by Gasteiger charge is -2.04. The first kappa shape index (κ1) is 16.4. The van der Waals surface area contributed by atoms with Gasteiger partial charge in [0.15, 0.2) is 6.61 Å². The number of ether oxygens (including phenoxy) is 1. The molecule has 3 aromatic rings. The van der Waals surface area contributed by atoms with Crippen LogP contribution in [-0.2, 0) is 22.4 Å². The van der Waals surface area contributed by atoms with Gasteiger partial charge in [0.05, 0.1) is 5.56 Å². The molecule has 0 spiro atoms. The summed E-state index contributed by atoms with van der Waals surface area (Å²) >= 11 is 1.42. The van der Waals surface area contributed by atoms with Crippen LogP contribution in [0.15, 0.2) is 34.7 Å². The highest BCUT2D eigenvalue weighted by atomic mass is 32.1. The summed E-state index contributed by atoms with van der Waals surface area (Å²) in [6.45, 7) is -0.441. The molecule has 0 saturated carbocycles. The number of carbonyl (C=O) groups excluding carboxylic acids is 2. The summed E-state index contributed by atoms with van der Waals surface area (Å²) in [6, 6.07) is 10.9. The summed E-state index contributed by atoms with van der Waals surface area (Å²) in [5.41, 5.74) is 2.14. The lowest BCUT2D eigenvalue weighted by Crippen LogP contribution is -2.20. The minimum atomic E-state index is -0.703. The van der Waals surface area contributed by atoms with Gasteiger partial charge in [-0.05, 0) is 37.0 Å². The lowest BCUT2D eigenvalue weighted by molar-refractivity contribution is -0.119. The van der Waals surface area contributed by atoms with E-state index in [0.717, 1.165) is 35.1 Å². The predicted octanol–water partition coefficient (Wildman–Crippen LogP) is 3.65. The van der Waals surface area contributed by atoms with Gasteiger partial charge >= 0.3 is 5.97 Å². The number of nitrogens with zero attached hydrogens (tertiary/aromatic N) is 1. The molecule has 1 aliphatic rings. The molecule has 6 nitrogen and oxygen atoms in total. The number of nitriles is 1. The molecule has 0 saturated heterocycles. The number of aryl methyl sites for hydroxylation is 1. The molecule has 130 valence electrons. The van der Waals surface area contributed by atoms with Crippen molar-refractivity contribution in [2.75, 3.05) is 11.9 Å². The van der Waals surface area contributed by atoms with Crippen molar-refractivity contribution in [1.29, 1.82) is 5.26 Å². The van der Waals surface area contributed by atoms with Crippen molar-refractivity contribution in [3.8, 4) is 6.07 Å².